The molecule has 22 heavy (non-hydrogen) atoms. The molecule has 0 radical (unpaired) electrons. The normalized spacial score (nSPS) is 19.5. The summed E-state index contributed by atoms with van der Waals surface area (Å²) < 4.78 is 0. The number of carbonyl (C=O) groups excluding carboxylic acids is 1. The first-order valence-corrected chi connectivity index (χ1v) is 7.82. The van der Waals surface area contributed by atoms with E-state index in [0.29, 0.717) is 0 Å². The fourth-order valence-electron chi connectivity index (χ4n) is 3.05. The molecule has 0 spiro atoms. The molecule has 0 bridgehead atoms. The van der Waals surface area contributed by atoms with Crippen LogP contribution in [0.4, 0.5) is 5.69 Å². The van der Waals surface area contributed by atoms with E-state index in [1.807, 2.05) is 48.2 Å². The third-order valence-corrected chi connectivity index (χ3v) is 4.42. The van der Waals surface area contributed by atoms with Gasteiger partial charge >= 0.3 is 0 Å². The topological polar surface area (TPSA) is 23.6 Å². The lowest BCUT2D eigenvalue weighted by Crippen LogP contribution is -2.55. The second kappa shape index (κ2) is 6.32. The lowest BCUT2D eigenvalue weighted by molar-refractivity contribution is -0.125. The van der Waals surface area contributed by atoms with Crippen molar-refractivity contribution >= 4 is 11.6 Å². The van der Waals surface area contributed by atoms with Crippen LogP contribution in [-0.2, 0) is 11.3 Å². The summed E-state index contributed by atoms with van der Waals surface area (Å²) in [5.74, 6) is 0.191. The first-order valence-electron chi connectivity index (χ1n) is 7.82. The number of hydrogen-bond acceptors (Lipinski definition) is 2. The number of nitrogens with zero attached hydrogens (tertiary/aromatic N) is 2. The van der Waals surface area contributed by atoms with Crippen LogP contribution in [0.25, 0.3) is 0 Å². The van der Waals surface area contributed by atoms with Crippen LogP contribution in [0.5, 0.6) is 0 Å². The predicted molar refractivity (Wildman–Crippen MR) is 89.8 cm³/mol. The minimum absolute atomic E-state index is 0.0893. The number of piperazine rings is 1. The fourth-order valence-corrected chi connectivity index (χ4v) is 3.05. The quantitative estimate of drug-likeness (QED) is 0.867. The Bertz CT molecular complexity index is 653. The zero-order valence-corrected chi connectivity index (χ0v) is 13.2. The van der Waals surface area contributed by atoms with Crippen molar-refractivity contribution in [3.05, 3.63) is 65.7 Å². The van der Waals surface area contributed by atoms with E-state index < -0.39 is 0 Å². The van der Waals surface area contributed by atoms with Crippen molar-refractivity contribution in [3.63, 3.8) is 0 Å². The fraction of sp³-hybridized carbons (Fsp3) is 0.316. The van der Waals surface area contributed by atoms with Gasteiger partial charge in [0.05, 0.1) is 6.04 Å². The molecule has 0 saturated carbocycles. The van der Waals surface area contributed by atoms with E-state index in [0.717, 1.165) is 30.9 Å². The molecule has 1 heterocycles. The molecule has 2 aromatic carbocycles. The van der Waals surface area contributed by atoms with Crippen molar-refractivity contribution in [1.29, 1.82) is 0 Å². The van der Waals surface area contributed by atoms with Crippen molar-refractivity contribution in [2.24, 2.45) is 0 Å². The number of aryl methyl sites for hydroxylation is 1. The highest BCUT2D eigenvalue weighted by Crippen LogP contribution is 2.24. The molecule has 1 fully saturated rings. The molecule has 1 saturated heterocycles. The van der Waals surface area contributed by atoms with Crippen LogP contribution in [0.3, 0.4) is 0 Å². The Morgan fingerprint density at radius 2 is 1.68 bits per heavy atom. The van der Waals surface area contributed by atoms with Crippen LogP contribution >= 0.6 is 0 Å². The standard InChI is InChI=1S/C19H22N2O/c1-15-8-6-7-11-18(15)21-13-12-20(16(2)19(21)22)14-17-9-4-3-5-10-17/h3-11,16H,12-14H2,1-2H3/t16-/m1/s1. The van der Waals surface area contributed by atoms with Gasteiger partial charge in [-0.1, -0.05) is 48.5 Å². The van der Waals surface area contributed by atoms with Crippen LogP contribution in [0.15, 0.2) is 54.6 Å². The zero-order valence-electron chi connectivity index (χ0n) is 13.2. The van der Waals surface area contributed by atoms with Gasteiger partial charge in [-0.3, -0.25) is 9.69 Å². The maximum absolute atomic E-state index is 12.8. The van der Waals surface area contributed by atoms with E-state index in [2.05, 4.69) is 30.0 Å². The molecule has 0 N–H and O–H groups in total. The second-order valence-corrected chi connectivity index (χ2v) is 5.91. The average molecular weight is 294 g/mol. The second-order valence-electron chi connectivity index (χ2n) is 5.91. The Labute approximate surface area is 132 Å². The summed E-state index contributed by atoms with van der Waals surface area (Å²) in [7, 11) is 0. The Morgan fingerprint density at radius 3 is 2.41 bits per heavy atom. The van der Waals surface area contributed by atoms with Crippen LogP contribution in [0.1, 0.15) is 18.1 Å². The lowest BCUT2D eigenvalue weighted by Gasteiger charge is -2.39. The summed E-state index contributed by atoms with van der Waals surface area (Å²) in [5.41, 5.74) is 3.45. The molecule has 114 valence electrons. The van der Waals surface area contributed by atoms with Gasteiger partial charge in [-0.25, -0.2) is 0 Å². The van der Waals surface area contributed by atoms with Crippen LogP contribution in [0.2, 0.25) is 0 Å². The maximum Gasteiger partial charge on any atom is 0.244 e. The van der Waals surface area contributed by atoms with Gasteiger partial charge in [0, 0.05) is 25.3 Å². The van der Waals surface area contributed by atoms with Gasteiger partial charge in [0.2, 0.25) is 5.91 Å². The maximum atomic E-state index is 12.8. The molecular formula is C19H22N2O. The van der Waals surface area contributed by atoms with E-state index in [1.165, 1.54) is 5.56 Å². The Morgan fingerprint density at radius 1 is 1.00 bits per heavy atom. The third-order valence-electron chi connectivity index (χ3n) is 4.42. The summed E-state index contributed by atoms with van der Waals surface area (Å²) in [6.45, 7) is 6.55. The highest BCUT2D eigenvalue weighted by molar-refractivity contribution is 5.98. The van der Waals surface area contributed by atoms with Gasteiger partial charge in [-0.2, -0.15) is 0 Å². The Balaban J connectivity index is 1.75. The van der Waals surface area contributed by atoms with Crippen molar-refractivity contribution in [1.82, 2.24) is 4.90 Å². The minimum Gasteiger partial charge on any atom is -0.310 e. The average Bonchev–Trinajstić information content (AvgIpc) is 2.54. The monoisotopic (exact) mass is 294 g/mol. The zero-order chi connectivity index (χ0) is 15.5. The van der Waals surface area contributed by atoms with E-state index in [-0.39, 0.29) is 11.9 Å². The number of para-hydroxylation sites is 1. The summed E-state index contributed by atoms with van der Waals surface area (Å²) in [6.07, 6.45) is 0. The number of amides is 1. The third kappa shape index (κ3) is 2.90. The highest BCUT2D eigenvalue weighted by Gasteiger charge is 2.32. The van der Waals surface area contributed by atoms with Crippen molar-refractivity contribution < 1.29 is 4.79 Å². The molecule has 3 rings (SSSR count). The van der Waals surface area contributed by atoms with Crippen molar-refractivity contribution in [2.45, 2.75) is 26.4 Å². The summed E-state index contributed by atoms with van der Waals surface area (Å²) in [5, 5.41) is 0. The van der Waals surface area contributed by atoms with Crippen LogP contribution in [0, 0.1) is 6.92 Å². The molecule has 1 amide bonds. The van der Waals surface area contributed by atoms with Gasteiger partial charge in [0.1, 0.15) is 0 Å². The largest absolute Gasteiger partial charge is 0.310 e. The smallest absolute Gasteiger partial charge is 0.244 e. The summed E-state index contributed by atoms with van der Waals surface area (Å²) in [6, 6.07) is 18.4. The van der Waals surface area contributed by atoms with E-state index in [4.69, 9.17) is 0 Å². The first kappa shape index (κ1) is 14.8. The molecule has 0 aromatic heterocycles. The Kier molecular flexibility index (Phi) is 4.25. The summed E-state index contributed by atoms with van der Waals surface area (Å²) in [4.78, 5) is 17.0. The molecule has 3 nitrogen and oxygen atoms in total. The van der Waals surface area contributed by atoms with E-state index in [1.54, 1.807) is 0 Å². The molecule has 0 aliphatic carbocycles. The van der Waals surface area contributed by atoms with Crippen LogP contribution in [-0.4, -0.2) is 29.9 Å². The number of hydrogen-bond donors (Lipinski definition) is 0. The predicted octanol–water partition coefficient (Wildman–Crippen LogP) is 3.23. The number of carbonyl (C=O) groups is 1. The van der Waals surface area contributed by atoms with E-state index >= 15 is 0 Å². The number of rotatable bonds is 3. The van der Waals surface area contributed by atoms with Crippen molar-refractivity contribution in [3.8, 4) is 0 Å². The molecular weight excluding hydrogens is 272 g/mol. The minimum atomic E-state index is -0.0893. The highest BCUT2D eigenvalue weighted by atomic mass is 16.2. The number of benzene rings is 2. The molecule has 0 unspecified atom stereocenters. The van der Waals surface area contributed by atoms with Crippen molar-refractivity contribution in [2.75, 3.05) is 18.0 Å². The van der Waals surface area contributed by atoms with Gasteiger partial charge in [0.25, 0.3) is 0 Å². The molecule has 1 aliphatic heterocycles. The van der Waals surface area contributed by atoms with Crippen LogP contribution < -0.4 is 4.90 Å². The molecule has 2 aromatic rings. The van der Waals surface area contributed by atoms with Gasteiger partial charge < -0.3 is 4.90 Å². The Hall–Kier alpha value is -2.13. The summed E-state index contributed by atoms with van der Waals surface area (Å²) >= 11 is 0. The van der Waals surface area contributed by atoms with Gasteiger partial charge in [-0.05, 0) is 31.0 Å². The van der Waals surface area contributed by atoms with Gasteiger partial charge in [0.15, 0.2) is 0 Å². The number of anilines is 1. The first-order chi connectivity index (χ1) is 10.7. The molecule has 1 atom stereocenters. The van der Waals surface area contributed by atoms with Gasteiger partial charge in [-0.15, -0.1) is 0 Å². The molecule has 1 aliphatic rings. The lowest BCUT2D eigenvalue weighted by atomic mass is 10.1. The molecule has 3 heteroatoms. The SMILES string of the molecule is Cc1ccccc1N1CCN(Cc2ccccc2)[C@H](C)C1=O. The van der Waals surface area contributed by atoms with E-state index in [9.17, 15) is 4.79 Å².